The third-order valence-electron chi connectivity index (χ3n) is 6.52. The number of allylic oxidation sites excluding steroid dienone is 2. The molecule has 0 spiro atoms. The maximum absolute atomic E-state index is 14.8. The topological polar surface area (TPSA) is 66.3 Å². The van der Waals surface area contributed by atoms with Gasteiger partial charge in [-0.25, -0.2) is 4.39 Å². The Kier molecular flexibility index (Phi) is 14.7. The van der Waals surface area contributed by atoms with Crippen LogP contribution in [0.1, 0.15) is 58.1 Å². The Morgan fingerprint density at radius 1 is 1.23 bits per heavy atom. The highest BCUT2D eigenvalue weighted by molar-refractivity contribution is 8.30. The molecule has 0 amide bonds. The van der Waals surface area contributed by atoms with Crippen LogP contribution in [0.5, 0.6) is 5.75 Å². The normalized spacial score (nSPS) is 15.3. The predicted octanol–water partition coefficient (Wildman–Crippen LogP) is 6.76. The summed E-state index contributed by atoms with van der Waals surface area (Å²) in [5.41, 5.74) is 3.15. The molecule has 40 heavy (non-hydrogen) atoms. The maximum Gasteiger partial charge on any atom is 0.302 e. The number of halogens is 1. The van der Waals surface area contributed by atoms with Crippen molar-refractivity contribution in [3.63, 3.8) is 0 Å². The highest BCUT2D eigenvalue weighted by Gasteiger charge is 2.30. The second kappa shape index (κ2) is 16.6. The van der Waals surface area contributed by atoms with Gasteiger partial charge in [0.05, 0.1) is 32.3 Å². The molecule has 2 unspecified atom stereocenters. The lowest BCUT2D eigenvalue weighted by Crippen LogP contribution is -2.27. The largest absolute Gasteiger partial charge is 0.460 e. The minimum Gasteiger partial charge on any atom is -0.460 e. The minimum absolute atomic E-state index is 0.00726. The van der Waals surface area contributed by atoms with Crippen molar-refractivity contribution in [1.29, 1.82) is 0 Å². The fraction of sp³-hybridized carbons (Fsp3) is 0.562. The molecule has 0 fully saturated rings. The van der Waals surface area contributed by atoms with Gasteiger partial charge in [0, 0.05) is 24.9 Å². The molecule has 0 saturated heterocycles. The van der Waals surface area contributed by atoms with E-state index in [2.05, 4.69) is 50.8 Å². The van der Waals surface area contributed by atoms with Crippen molar-refractivity contribution in [2.75, 3.05) is 46.0 Å². The first-order valence-corrected chi connectivity index (χ1v) is 15.8. The summed E-state index contributed by atoms with van der Waals surface area (Å²) >= 11 is 0. The van der Waals surface area contributed by atoms with E-state index in [1.54, 1.807) is 20.2 Å². The summed E-state index contributed by atoms with van der Waals surface area (Å²) in [6.45, 7) is 16.2. The van der Waals surface area contributed by atoms with Crippen molar-refractivity contribution in [2.24, 2.45) is 4.99 Å². The van der Waals surface area contributed by atoms with Crippen molar-refractivity contribution in [2.45, 2.75) is 70.9 Å². The Morgan fingerprint density at radius 2 is 1.85 bits per heavy atom. The minimum atomic E-state index is -1.38. The number of hydrogen-bond acceptors (Lipinski definition) is 6. The molecular weight excluding hydrogens is 529 g/mol. The molecule has 0 saturated carbocycles. The van der Waals surface area contributed by atoms with Gasteiger partial charge in [0.2, 0.25) is 0 Å². The van der Waals surface area contributed by atoms with E-state index in [-0.39, 0.29) is 55.6 Å². The Balaban J connectivity index is 2.85. The molecule has 0 heterocycles. The molecular formula is C32H48FNO5S. The van der Waals surface area contributed by atoms with Crippen LogP contribution in [0.25, 0.3) is 0 Å². The molecule has 0 aliphatic heterocycles. The summed E-state index contributed by atoms with van der Waals surface area (Å²) in [6.07, 6.45) is 12.5. The van der Waals surface area contributed by atoms with E-state index in [0.29, 0.717) is 5.57 Å². The molecule has 3 atom stereocenters. The average molecular weight is 578 g/mol. The molecule has 224 valence electrons. The number of benzene rings is 1. The smallest absolute Gasteiger partial charge is 0.302 e. The van der Waals surface area contributed by atoms with Crippen LogP contribution in [0.2, 0.25) is 0 Å². The maximum atomic E-state index is 14.8. The summed E-state index contributed by atoms with van der Waals surface area (Å²) in [5, 5.41) is 0. The van der Waals surface area contributed by atoms with Gasteiger partial charge in [0.15, 0.2) is 0 Å². The van der Waals surface area contributed by atoms with Gasteiger partial charge in [0.1, 0.15) is 18.0 Å². The summed E-state index contributed by atoms with van der Waals surface area (Å²) in [4.78, 5) is 15.1. The molecule has 0 aliphatic carbocycles. The molecule has 0 bridgehead atoms. The SMILES string of the molecule is C#CC(/C(C=NC)=C/CC(=C)C(F)COCCOC[C@H](C)OC(C)=O)c1cc(OS(C)(C)C(C)(C)C)ccc1C. The van der Waals surface area contributed by atoms with E-state index in [9.17, 15) is 9.18 Å². The lowest BCUT2D eigenvalue weighted by atomic mass is 9.88. The quantitative estimate of drug-likeness (QED) is 0.0714. The van der Waals surface area contributed by atoms with E-state index in [1.165, 1.54) is 6.92 Å². The standard InChI is InChI=1S/C32H48FNO5S/c1-12-29(30-19-28(16-14-23(30)2)39-40(10,11)32(6,7)8)27(20-34-9)15-13-24(3)31(33)22-37-18-17-36-21-25(4)38-26(5)35/h1,14-16,19-20,25,29,31H,3,13,17-18,21-22H2,2,4-11H3/b27-15+,34-20?/t25-,29?,31?/m0/s1. The van der Waals surface area contributed by atoms with Gasteiger partial charge in [-0.15, -0.1) is 6.42 Å². The molecule has 0 aliphatic rings. The number of terminal acetylenes is 1. The molecule has 8 heteroatoms. The van der Waals surface area contributed by atoms with Crippen LogP contribution in [0.4, 0.5) is 4.39 Å². The monoisotopic (exact) mass is 577 g/mol. The number of ether oxygens (including phenoxy) is 3. The summed E-state index contributed by atoms with van der Waals surface area (Å²) in [5.74, 6) is 2.93. The first kappa shape index (κ1) is 35.4. The zero-order valence-electron chi connectivity index (χ0n) is 25.7. The Labute approximate surface area is 242 Å². The van der Waals surface area contributed by atoms with E-state index in [0.717, 1.165) is 22.4 Å². The van der Waals surface area contributed by atoms with Crippen LogP contribution >= 0.6 is 10.3 Å². The first-order valence-electron chi connectivity index (χ1n) is 13.4. The summed E-state index contributed by atoms with van der Waals surface area (Å²) in [7, 11) is 0.300. The third kappa shape index (κ3) is 11.9. The van der Waals surface area contributed by atoms with Crippen LogP contribution in [-0.2, 0) is 19.0 Å². The number of aryl methyl sites for hydroxylation is 1. The van der Waals surface area contributed by atoms with Gasteiger partial charge in [-0.05, 0) is 88.0 Å². The van der Waals surface area contributed by atoms with E-state index >= 15 is 0 Å². The second-order valence-corrected chi connectivity index (χ2v) is 14.9. The van der Waals surface area contributed by atoms with Crippen molar-refractivity contribution < 1.29 is 27.6 Å². The van der Waals surface area contributed by atoms with Crippen molar-refractivity contribution in [3.05, 3.63) is 53.1 Å². The van der Waals surface area contributed by atoms with Gasteiger partial charge in [-0.3, -0.25) is 9.79 Å². The fourth-order valence-corrected chi connectivity index (χ4v) is 4.31. The van der Waals surface area contributed by atoms with Crippen molar-refractivity contribution in [3.8, 4) is 18.1 Å². The number of esters is 1. The molecule has 1 aromatic rings. The number of alkyl halides is 1. The zero-order valence-corrected chi connectivity index (χ0v) is 26.5. The Hall–Kier alpha value is -2.60. The zero-order chi connectivity index (χ0) is 30.5. The van der Waals surface area contributed by atoms with Gasteiger partial charge < -0.3 is 18.4 Å². The lowest BCUT2D eigenvalue weighted by molar-refractivity contribution is -0.148. The number of carbonyl (C=O) groups is 1. The third-order valence-corrected chi connectivity index (χ3v) is 10.1. The van der Waals surface area contributed by atoms with Gasteiger partial charge in [-0.2, -0.15) is 0 Å². The van der Waals surface area contributed by atoms with Crippen LogP contribution < -0.4 is 4.18 Å². The number of carbonyl (C=O) groups excluding carboxylic acids is 1. The average Bonchev–Trinajstić information content (AvgIpc) is 2.85. The molecule has 1 aromatic carbocycles. The molecule has 1 rings (SSSR count). The number of rotatable bonds is 16. The molecule has 0 N–H and O–H groups in total. The highest BCUT2D eigenvalue weighted by Crippen LogP contribution is 2.53. The Bertz CT molecular complexity index is 1080. The molecule has 0 radical (unpaired) electrons. The number of nitrogens with zero attached hydrogens (tertiary/aromatic N) is 1. The number of aliphatic imine (C=N–C) groups is 1. The fourth-order valence-electron chi connectivity index (χ4n) is 3.47. The van der Waals surface area contributed by atoms with Gasteiger partial charge in [0.25, 0.3) is 0 Å². The highest BCUT2D eigenvalue weighted by atomic mass is 32.3. The van der Waals surface area contributed by atoms with E-state index in [4.69, 9.17) is 24.8 Å². The van der Waals surface area contributed by atoms with Gasteiger partial charge >= 0.3 is 5.97 Å². The van der Waals surface area contributed by atoms with E-state index in [1.807, 2.05) is 31.2 Å². The second-order valence-electron chi connectivity index (χ2n) is 11.0. The van der Waals surface area contributed by atoms with Crippen LogP contribution in [0.15, 0.2) is 47.0 Å². The van der Waals surface area contributed by atoms with Crippen LogP contribution in [-0.4, -0.2) is 75.2 Å². The molecule has 6 nitrogen and oxygen atoms in total. The van der Waals surface area contributed by atoms with Crippen LogP contribution in [0.3, 0.4) is 0 Å². The van der Waals surface area contributed by atoms with Gasteiger partial charge in [-0.1, -0.05) is 35.0 Å². The van der Waals surface area contributed by atoms with Crippen molar-refractivity contribution >= 4 is 22.5 Å². The Morgan fingerprint density at radius 3 is 2.40 bits per heavy atom. The predicted molar refractivity (Wildman–Crippen MR) is 167 cm³/mol. The van der Waals surface area contributed by atoms with E-state index < -0.39 is 16.5 Å². The van der Waals surface area contributed by atoms with Crippen molar-refractivity contribution in [1.82, 2.24) is 0 Å². The lowest BCUT2D eigenvalue weighted by Gasteiger charge is -2.43. The number of hydrogen-bond donors (Lipinski definition) is 0. The summed E-state index contributed by atoms with van der Waals surface area (Å²) < 4.78 is 37.0. The first-order chi connectivity index (χ1) is 18.6. The van der Waals surface area contributed by atoms with Crippen LogP contribution in [0, 0.1) is 19.3 Å². The molecule has 0 aromatic heterocycles. The summed E-state index contributed by atoms with van der Waals surface area (Å²) in [6, 6.07) is 6.00.